The van der Waals surface area contributed by atoms with Crippen LogP contribution < -0.4 is 11.6 Å². The molecule has 0 bridgehead atoms. The molecule has 72 valence electrons. The maximum Gasteiger partial charge on any atom is 0.172 e. The average Bonchev–Trinajstić information content (AvgIpc) is 2.20. The molecule has 14 heavy (non-hydrogen) atoms. The normalized spacial score (nSPS) is 11.0. The number of hydrogen-bond donors (Lipinski definition) is 3. The molecule has 5 N–H and O–H groups in total. The van der Waals surface area contributed by atoms with Gasteiger partial charge in [-0.25, -0.2) is 0 Å². The third-order valence-electron chi connectivity index (χ3n) is 1.74. The summed E-state index contributed by atoms with van der Waals surface area (Å²) in [6.07, 6.45) is 0.425. The number of rotatable bonds is 3. The summed E-state index contributed by atoms with van der Waals surface area (Å²) < 4.78 is 0. The number of nitrogen functional groups attached to an aromatic ring is 1. The first-order valence-electron chi connectivity index (χ1n) is 3.87. The third-order valence-corrected chi connectivity index (χ3v) is 1.74. The molecule has 0 unspecified atom stereocenters. The highest BCUT2D eigenvalue weighted by atomic mass is 16.1. The lowest BCUT2D eigenvalue weighted by Crippen LogP contribution is -2.18. The van der Waals surface area contributed by atoms with Crippen LogP contribution in [-0.4, -0.2) is 17.7 Å². The molecule has 0 fully saturated rings. The lowest BCUT2D eigenvalue weighted by atomic mass is 10.1. The molecule has 1 aromatic carbocycles. The van der Waals surface area contributed by atoms with Gasteiger partial charge in [0.05, 0.1) is 5.71 Å². The van der Waals surface area contributed by atoms with Gasteiger partial charge in [-0.2, -0.15) is 5.10 Å². The number of aldehydes is 1. The number of anilines is 1. The van der Waals surface area contributed by atoms with Crippen LogP contribution in [0.1, 0.15) is 5.56 Å². The lowest BCUT2D eigenvalue weighted by Gasteiger charge is -2.04. The maximum absolute atomic E-state index is 10.5. The summed E-state index contributed by atoms with van der Waals surface area (Å²) in [5.41, 5.74) is 6.29. The third kappa shape index (κ3) is 1.77. The van der Waals surface area contributed by atoms with Crippen LogP contribution in [0.15, 0.2) is 29.4 Å². The minimum absolute atomic E-state index is 0.0689. The summed E-state index contributed by atoms with van der Waals surface area (Å²) in [6.45, 7) is 0. The van der Waals surface area contributed by atoms with Crippen molar-refractivity contribution in [1.29, 1.82) is 5.41 Å². The number of hydrazone groups is 1. The number of hydrogen-bond acceptors (Lipinski definition) is 5. The molecular formula is C9H10N4O. The van der Waals surface area contributed by atoms with Crippen molar-refractivity contribution in [2.75, 3.05) is 5.73 Å². The van der Waals surface area contributed by atoms with Crippen LogP contribution in [0.25, 0.3) is 0 Å². The van der Waals surface area contributed by atoms with E-state index < -0.39 is 0 Å². The molecule has 1 rings (SSSR count). The van der Waals surface area contributed by atoms with Gasteiger partial charge in [-0.05, 0) is 6.07 Å². The molecule has 0 amide bonds. The van der Waals surface area contributed by atoms with E-state index >= 15 is 0 Å². The first kappa shape index (κ1) is 9.91. The van der Waals surface area contributed by atoms with Crippen molar-refractivity contribution in [1.82, 2.24) is 0 Å². The van der Waals surface area contributed by atoms with E-state index in [9.17, 15) is 4.79 Å². The number of nitrogens with one attached hydrogen (secondary N) is 1. The van der Waals surface area contributed by atoms with Crippen LogP contribution >= 0.6 is 0 Å². The van der Waals surface area contributed by atoms with Crippen LogP contribution in [0.3, 0.4) is 0 Å². The van der Waals surface area contributed by atoms with Crippen molar-refractivity contribution in [2.24, 2.45) is 10.9 Å². The number of carbonyl (C=O) groups excluding carboxylic acids is 1. The fraction of sp³-hybridized carbons (Fsp3) is 0. The predicted octanol–water partition coefficient (Wildman–Crippen LogP) is 0.150. The molecule has 0 aliphatic rings. The Morgan fingerprint density at radius 2 is 2.07 bits per heavy atom. The van der Waals surface area contributed by atoms with Crippen LogP contribution in [0, 0.1) is 5.41 Å². The Labute approximate surface area is 80.9 Å². The molecular weight excluding hydrogens is 180 g/mol. The summed E-state index contributed by atoms with van der Waals surface area (Å²) in [5.74, 6) is 4.95. The number of para-hydroxylation sites is 1. The molecule has 1 aromatic rings. The van der Waals surface area contributed by atoms with Gasteiger partial charge in [-0.1, -0.05) is 18.2 Å². The average molecular weight is 190 g/mol. The summed E-state index contributed by atoms with van der Waals surface area (Å²) in [7, 11) is 0. The second-order valence-corrected chi connectivity index (χ2v) is 2.59. The number of nitrogens with zero attached hydrogens (tertiary/aromatic N) is 1. The van der Waals surface area contributed by atoms with Gasteiger partial charge >= 0.3 is 0 Å². The zero-order chi connectivity index (χ0) is 10.6. The molecule has 0 saturated carbocycles. The second kappa shape index (κ2) is 4.18. The van der Waals surface area contributed by atoms with Gasteiger partial charge in [0.25, 0.3) is 0 Å². The van der Waals surface area contributed by atoms with E-state index in [1.54, 1.807) is 24.3 Å². The Kier molecular flexibility index (Phi) is 2.96. The fourth-order valence-corrected chi connectivity index (χ4v) is 1.02. The SMILES string of the molecule is N=C(/C(C=O)=N\N)c1ccccc1N. The van der Waals surface area contributed by atoms with E-state index in [4.69, 9.17) is 17.0 Å². The Morgan fingerprint density at radius 1 is 1.43 bits per heavy atom. The van der Waals surface area contributed by atoms with E-state index in [2.05, 4.69) is 5.10 Å². The summed E-state index contributed by atoms with van der Waals surface area (Å²) in [4.78, 5) is 10.5. The highest BCUT2D eigenvalue weighted by molar-refractivity contribution is 6.65. The Hall–Kier alpha value is -2.17. The summed E-state index contributed by atoms with van der Waals surface area (Å²) in [5, 5.41) is 10.8. The zero-order valence-corrected chi connectivity index (χ0v) is 7.40. The molecule has 0 spiro atoms. The molecule has 0 atom stereocenters. The van der Waals surface area contributed by atoms with Crippen molar-refractivity contribution < 1.29 is 4.79 Å². The van der Waals surface area contributed by atoms with Gasteiger partial charge in [0.1, 0.15) is 5.71 Å². The minimum Gasteiger partial charge on any atom is -0.398 e. The van der Waals surface area contributed by atoms with Crippen molar-refractivity contribution in [3.8, 4) is 0 Å². The molecule has 0 heterocycles. The quantitative estimate of drug-likeness (QED) is 0.208. The monoisotopic (exact) mass is 190 g/mol. The lowest BCUT2D eigenvalue weighted by molar-refractivity contribution is -0.102. The second-order valence-electron chi connectivity index (χ2n) is 2.59. The van der Waals surface area contributed by atoms with Crippen LogP contribution in [0.4, 0.5) is 5.69 Å². The molecule has 0 saturated heterocycles. The molecule has 0 aliphatic heterocycles. The largest absolute Gasteiger partial charge is 0.398 e. The molecule has 5 heteroatoms. The standard InChI is InChI=1S/C9H10N4O/c10-7-4-2-1-3-6(7)9(11)8(5-14)13-12/h1-5,11H,10,12H2/b11-9?,13-8-. The number of nitrogens with two attached hydrogens (primary N) is 2. The minimum atomic E-state index is -0.122. The highest BCUT2D eigenvalue weighted by Crippen LogP contribution is 2.11. The Bertz CT molecular complexity index is 398. The first-order chi connectivity index (χ1) is 6.70. The molecule has 0 aromatic heterocycles. The Balaban J connectivity index is 3.13. The van der Waals surface area contributed by atoms with E-state index in [1.807, 2.05) is 0 Å². The van der Waals surface area contributed by atoms with Gasteiger partial charge in [0.15, 0.2) is 6.29 Å². The topological polar surface area (TPSA) is 105 Å². The first-order valence-corrected chi connectivity index (χ1v) is 3.87. The molecule has 0 radical (unpaired) electrons. The van der Waals surface area contributed by atoms with Crippen LogP contribution in [0.2, 0.25) is 0 Å². The van der Waals surface area contributed by atoms with Gasteiger partial charge in [-0.15, -0.1) is 0 Å². The van der Waals surface area contributed by atoms with Gasteiger partial charge in [-0.3, -0.25) is 10.2 Å². The number of carbonyl (C=O) groups is 1. The van der Waals surface area contributed by atoms with Crippen molar-refractivity contribution >= 4 is 23.4 Å². The van der Waals surface area contributed by atoms with E-state index in [0.717, 1.165) is 0 Å². The highest BCUT2D eigenvalue weighted by Gasteiger charge is 2.10. The van der Waals surface area contributed by atoms with E-state index in [0.29, 0.717) is 17.5 Å². The van der Waals surface area contributed by atoms with Crippen molar-refractivity contribution in [2.45, 2.75) is 0 Å². The summed E-state index contributed by atoms with van der Waals surface area (Å²) in [6, 6.07) is 6.74. The number of benzene rings is 1. The van der Waals surface area contributed by atoms with E-state index in [1.165, 1.54) is 0 Å². The van der Waals surface area contributed by atoms with Crippen LogP contribution in [0.5, 0.6) is 0 Å². The predicted molar refractivity (Wildman–Crippen MR) is 55.4 cm³/mol. The Morgan fingerprint density at radius 3 is 2.57 bits per heavy atom. The van der Waals surface area contributed by atoms with Gasteiger partial charge in [0.2, 0.25) is 0 Å². The van der Waals surface area contributed by atoms with E-state index in [-0.39, 0.29) is 11.4 Å². The fourth-order valence-electron chi connectivity index (χ4n) is 1.02. The van der Waals surface area contributed by atoms with Gasteiger partial charge < -0.3 is 11.6 Å². The summed E-state index contributed by atoms with van der Waals surface area (Å²) >= 11 is 0. The van der Waals surface area contributed by atoms with Crippen molar-refractivity contribution in [3.05, 3.63) is 29.8 Å². The maximum atomic E-state index is 10.5. The van der Waals surface area contributed by atoms with Gasteiger partial charge in [0, 0.05) is 11.3 Å². The van der Waals surface area contributed by atoms with Crippen molar-refractivity contribution in [3.63, 3.8) is 0 Å². The molecule has 5 nitrogen and oxygen atoms in total. The smallest absolute Gasteiger partial charge is 0.172 e. The van der Waals surface area contributed by atoms with Crippen LogP contribution in [-0.2, 0) is 4.79 Å². The zero-order valence-electron chi connectivity index (χ0n) is 7.40. The molecule has 0 aliphatic carbocycles.